The van der Waals surface area contributed by atoms with Crippen molar-refractivity contribution in [1.82, 2.24) is 20.5 Å². The number of aromatic nitrogens is 3. The van der Waals surface area contributed by atoms with Gasteiger partial charge in [0.15, 0.2) is 5.13 Å². The molecule has 1 aromatic carbocycles. The molecule has 8 heteroatoms. The number of nitrogens with zero attached hydrogens (tertiary/aromatic N) is 4. The molecule has 0 saturated carbocycles. The molecule has 1 N–H and O–H groups in total. The first-order chi connectivity index (χ1) is 12.2. The van der Waals surface area contributed by atoms with E-state index in [0.29, 0.717) is 18.3 Å². The molecule has 130 valence electrons. The van der Waals surface area contributed by atoms with E-state index in [0.717, 1.165) is 30.0 Å². The summed E-state index contributed by atoms with van der Waals surface area (Å²) >= 11 is 1.68. The van der Waals surface area contributed by atoms with Crippen LogP contribution in [0.25, 0.3) is 10.2 Å². The summed E-state index contributed by atoms with van der Waals surface area (Å²) in [7, 11) is 0. The van der Waals surface area contributed by atoms with Crippen LogP contribution >= 0.6 is 11.3 Å². The molecule has 0 bridgehead atoms. The predicted molar refractivity (Wildman–Crippen MR) is 95.4 cm³/mol. The quantitative estimate of drug-likeness (QED) is 0.772. The van der Waals surface area contributed by atoms with Crippen molar-refractivity contribution >= 4 is 32.6 Å². The van der Waals surface area contributed by atoms with Crippen LogP contribution < -0.4 is 10.2 Å². The molecule has 0 aliphatic carbocycles. The zero-order chi connectivity index (χ0) is 17.2. The third-order valence-electron chi connectivity index (χ3n) is 4.33. The van der Waals surface area contributed by atoms with Crippen molar-refractivity contribution < 1.29 is 9.21 Å². The number of benzene rings is 1. The molecule has 1 fully saturated rings. The molecule has 1 aliphatic rings. The van der Waals surface area contributed by atoms with Crippen LogP contribution in [0.1, 0.15) is 24.6 Å². The molecule has 1 aliphatic heterocycles. The number of carbonyl (C=O) groups is 1. The number of nitrogens with one attached hydrogen (secondary N) is 1. The normalized spacial score (nSPS) is 17.8. The van der Waals surface area contributed by atoms with Gasteiger partial charge in [0.25, 0.3) is 0 Å². The van der Waals surface area contributed by atoms with Gasteiger partial charge in [-0.2, -0.15) is 0 Å². The average Bonchev–Trinajstić information content (AvgIpc) is 3.25. The van der Waals surface area contributed by atoms with Crippen LogP contribution in [0.2, 0.25) is 0 Å². The highest BCUT2D eigenvalue weighted by molar-refractivity contribution is 7.22. The minimum absolute atomic E-state index is 0.0293. The fraction of sp³-hybridized carbons (Fsp3) is 0.412. The number of piperidine rings is 1. The van der Waals surface area contributed by atoms with Gasteiger partial charge in [-0.15, -0.1) is 10.2 Å². The van der Waals surface area contributed by atoms with Crippen molar-refractivity contribution in [2.75, 3.05) is 18.0 Å². The second-order valence-electron chi connectivity index (χ2n) is 6.18. The summed E-state index contributed by atoms with van der Waals surface area (Å²) in [5.41, 5.74) is 1.01. The minimum Gasteiger partial charge on any atom is -0.424 e. The number of hydrogen-bond donors (Lipinski definition) is 1. The van der Waals surface area contributed by atoms with Crippen molar-refractivity contribution in [1.29, 1.82) is 0 Å². The molecule has 0 spiro atoms. The van der Waals surface area contributed by atoms with Crippen LogP contribution in [0, 0.1) is 12.8 Å². The monoisotopic (exact) mass is 357 g/mol. The maximum absolute atomic E-state index is 12.5. The zero-order valence-electron chi connectivity index (χ0n) is 13.9. The number of fused-ring (bicyclic) bond motifs is 1. The highest BCUT2D eigenvalue weighted by atomic mass is 32.1. The zero-order valence-corrected chi connectivity index (χ0v) is 14.8. The van der Waals surface area contributed by atoms with E-state index in [2.05, 4.69) is 26.5 Å². The fourth-order valence-electron chi connectivity index (χ4n) is 3.08. The molecule has 1 amide bonds. The molecule has 25 heavy (non-hydrogen) atoms. The van der Waals surface area contributed by atoms with Gasteiger partial charge in [-0.25, -0.2) is 4.98 Å². The molecular formula is C17H19N5O2S. The summed E-state index contributed by atoms with van der Waals surface area (Å²) in [6.45, 7) is 3.63. The average molecular weight is 357 g/mol. The lowest BCUT2D eigenvalue weighted by Crippen LogP contribution is -2.43. The Labute approximate surface area is 149 Å². The number of rotatable bonds is 4. The Morgan fingerprint density at radius 3 is 3.08 bits per heavy atom. The summed E-state index contributed by atoms with van der Waals surface area (Å²) in [6, 6.07) is 8.13. The largest absolute Gasteiger partial charge is 0.424 e. The highest BCUT2D eigenvalue weighted by Gasteiger charge is 2.27. The van der Waals surface area contributed by atoms with Crippen molar-refractivity contribution in [2.24, 2.45) is 5.92 Å². The van der Waals surface area contributed by atoms with Gasteiger partial charge in [-0.1, -0.05) is 23.5 Å². The third kappa shape index (κ3) is 3.48. The Kier molecular flexibility index (Phi) is 4.35. The standard InChI is InChI=1S/C17H19N5O2S/c1-11-20-21-15(24-11)9-18-16(23)12-5-4-8-22(10-12)17-19-13-6-2-3-7-14(13)25-17/h2-3,6-7,12H,4-5,8-10H2,1H3,(H,18,23). The first-order valence-electron chi connectivity index (χ1n) is 8.36. The molecule has 0 radical (unpaired) electrons. The third-order valence-corrected chi connectivity index (χ3v) is 5.42. The molecule has 2 aromatic heterocycles. The lowest BCUT2D eigenvalue weighted by molar-refractivity contribution is -0.125. The second kappa shape index (κ2) is 6.79. The number of anilines is 1. The first-order valence-corrected chi connectivity index (χ1v) is 9.18. The Balaban J connectivity index is 1.40. The van der Waals surface area contributed by atoms with Crippen LogP contribution in [0.3, 0.4) is 0 Å². The highest BCUT2D eigenvalue weighted by Crippen LogP contribution is 2.31. The summed E-state index contributed by atoms with van der Waals surface area (Å²) in [5, 5.41) is 11.6. The van der Waals surface area contributed by atoms with Crippen LogP contribution in [0.4, 0.5) is 5.13 Å². The van der Waals surface area contributed by atoms with Gasteiger partial charge in [0.05, 0.1) is 22.7 Å². The van der Waals surface area contributed by atoms with Crippen molar-refractivity contribution in [3.8, 4) is 0 Å². The second-order valence-corrected chi connectivity index (χ2v) is 7.19. The smallest absolute Gasteiger partial charge is 0.235 e. The Morgan fingerprint density at radius 2 is 2.28 bits per heavy atom. The summed E-state index contributed by atoms with van der Waals surface area (Å²) in [6.07, 6.45) is 1.86. The maximum Gasteiger partial charge on any atom is 0.235 e. The molecule has 4 rings (SSSR count). The van der Waals surface area contributed by atoms with E-state index in [1.165, 1.54) is 4.70 Å². The van der Waals surface area contributed by atoms with Gasteiger partial charge in [0.2, 0.25) is 17.7 Å². The van der Waals surface area contributed by atoms with E-state index < -0.39 is 0 Å². The number of carbonyl (C=O) groups excluding carboxylic acids is 1. The van der Waals surface area contributed by atoms with Crippen LogP contribution in [0.15, 0.2) is 28.7 Å². The van der Waals surface area contributed by atoms with E-state index in [9.17, 15) is 4.79 Å². The van der Waals surface area contributed by atoms with Crippen LogP contribution in [-0.4, -0.2) is 34.2 Å². The first kappa shape index (κ1) is 16.0. The molecular weight excluding hydrogens is 338 g/mol. The van der Waals surface area contributed by atoms with Gasteiger partial charge < -0.3 is 14.6 Å². The Hall–Kier alpha value is -2.48. The molecule has 1 unspecified atom stereocenters. The maximum atomic E-state index is 12.5. The molecule has 3 heterocycles. The topological polar surface area (TPSA) is 84.2 Å². The van der Waals surface area contributed by atoms with Gasteiger partial charge in [0.1, 0.15) is 0 Å². The van der Waals surface area contributed by atoms with Crippen LogP contribution in [0.5, 0.6) is 0 Å². The van der Waals surface area contributed by atoms with E-state index >= 15 is 0 Å². The number of amides is 1. The summed E-state index contributed by atoms with van der Waals surface area (Å²) in [4.78, 5) is 19.4. The molecule has 3 aromatic rings. The van der Waals surface area contributed by atoms with E-state index in [1.807, 2.05) is 18.2 Å². The number of para-hydroxylation sites is 1. The van der Waals surface area contributed by atoms with Crippen molar-refractivity contribution in [3.05, 3.63) is 36.0 Å². The number of aryl methyl sites for hydroxylation is 1. The lowest BCUT2D eigenvalue weighted by Gasteiger charge is -2.31. The van der Waals surface area contributed by atoms with Gasteiger partial charge in [0, 0.05) is 20.0 Å². The lowest BCUT2D eigenvalue weighted by atomic mass is 9.97. The van der Waals surface area contributed by atoms with E-state index in [4.69, 9.17) is 9.40 Å². The number of hydrogen-bond acceptors (Lipinski definition) is 7. The van der Waals surface area contributed by atoms with Gasteiger partial charge in [-0.05, 0) is 25.0 Å². The van der Waals surface area contributed by atoms with Gasteiger partial charge >= 0.3 is 0 Å². The summed E-state index contributed by atoms with van der Waals surface area (Å²) in [5.74, 6) is 0.917. The molecule has 1 atom stereocenters. The fourth-order valence-corrected chi connectivity index (χ4v) is 4.08. The Morgan fingerprint density at radius 1 is 1.40 bits per heavy atom. The summed E-state index contributed by atoms with van der Waals surface area (Å²) < 4.78 is 6.47. The number of thiazole rings is 1. The van der Waals surface area contributed by atoms with Gasteiger partial charge in [-0.3, -0.25) is 4.79 Å². The van der Waals surface area contributed by atoms with E-state index in [-0.39, 0.29) is 18.4 Å². The Bertz CT molecular complexity index is 857. The van der Waals surface area contributed by atoms with Crippen molar-refractivity contribution in [3.63, 3.8) is 0 Å². The van der Waals surface area contributed by atoms with Crippen molar-refractivity contribution in [2.45, 2.75) is 26.3 Å². The predicted octanol–water partition coefficient (Wildman–Crippen LogP) is 2.52. The molecule has 1 saturated heterocycles. The van der Waals surface area contributed by atoms with E-state index in [1.54, 1.807) is 18.3 Å². The SMILES string of the molecule is Cc1nnc(CNC(=O)C2CCCN(c3nc4ccccc4s3)C2)o1. The minimum atomic E-state index is -0.0511. The van der Waals surface area contributed by atoms with Crippen LogP contribution in [-0.2, 0) is 11.3 Å². The molecule has 7 nitrogen and oxygen atoms in total.